The van der Waals surface area contributed by atoms with Crippen molar-refractivity contribution >= 4 is 17.7 Å². The third-order valence-corrected chi connectivity index (χ3v) is 6.12. The number of piperidine rings is 1. The van der Waals surface area contributed by atoms with Gasteiger partial charge in [0.1, 0.15) is 0 Å². The molecule has 1 N–H and O–H groups in total. The number of ether oxygens (including phenoxy) is 1. The van der Waals surface area contributed by atoms with Gasteiger partial charge in [-0.2, -0.15) is 13.2 Å². The number of rotatable bonds is 5. The second-order valence-corrected chi connectivity index (χ2v) is 8.59. The minimum absolute atomic E-state index is 0.287. The summed E-state index contributed by atoms with van der Waals surface area (Å²) in [5, 5.41) is 9.42. The van der Waals surface area contributed by atoms with Crippen molar-refractivity contribution < 1.29 is 32.6 Å². The van der Waals surface area contributed by atoms with Crippen molar-refractivity contribution in [3.05, 3.63) is 29.3 Å². The molecule has 10 heteroatoms. The van der Waals surface area contributed by atoms with E-state index in [1.807, 2.05) is 19.1 Å². The van der Waals surface area contributed by atoms with Crippen molar-refractivity contribution in [1.82, 2.24) is 9.80 Å². The zero-order valence-corrected chi connectivity index (χ0v) is 18.4. The number of anilines is 1. The lowest BCUT2D eigenvalue weighted by atomic mass is 9.96. The quantitative estimate of drug-likeness (QED) is 0.730. The van der Waals surface area contributed by atoms with Gasteiger partial charge in [-0.15, -0.1) is 0 Å². The standard InChI is InChI=1S/C22H30F3N3O4/c1-15-5-6-17(19(12-15)28-7-3-4-18(14-28)20(29)30)13-26-8-10-27(11-9-26)21(31)32-16(2)22(23,24)25/h5-6,12,16,18H,3-4,7-11,13-14H2,1-2H3,(H,29,30)/t16?,18-/m0/s1. The lowest BCUT2D eigenvalue weighted by Crippen LogP contribution is -2.49. The first-order chi connectivity index (χ1) is 15.0. The van der Waals surface area contributed by atoms with Gasteiger partial charge in [0, 0.05) is 51.5 Å². The molecule has 1 aromatic rings. The normalized spacial score (nSPS) is 21.3. The third kappa shape index (κ3) is 6.05. The SMILES string of the molecule is Cc1ccc(CN2CCN(C(=O)OC(C)C(F)(F)F)CC2)c(N2CCC[C@H](C(=O)O)C2)c1. The lowest BCUT2D eigenvalue weighted by Gasteiger charge is -2.37. The van der Waals surface area contributed by atoms with E-state index < -0.39 is 24.3 Å². The monoisotopic (exact) mass is 457 g/mol. The Balaban J connectivity index is 1.61. The molecule has 2 heterocycles. The van der Waals surface area contributed by atoms with Crippen LogP contribution in [0.25, 0.3) is 0 Å². The van der Waals surface area contributed by atoms with E-state index in [1.54, 1.807) is 0 Å². The van der Waals surface area contributed by atoms with Crippen LogP contribution in [0.5, 0.6) is 0 Å². The summed E-state index contributed by atoms with van der Waals surface area (Å²) in [6, 6.07) is 6.13. The summed E-state index contributed by atoms with van der Waals surface area (Å²) in [5.41, 5.74) is 3.19. The summed E-state index contributed by atoms with van der Waals surface area (Å²) >= 11 is 0. The van der Waals surface area contributed by atoms with Crippen LogP contribution in [0.2, 0.25) is 0 Å². The van der Waals surface area contributed by atoms with Crippen molar-refractivity contribution in [3.63, 3.8) is 0 Å². The van der Waals surface area contributed by atoms with Crippen LogP contribution in [-0.4, -0.2) is 78.5 Å². The van der Waals surface area contributed by atoms with E-state index in [-0.39, 0.29) is 19.0 Å². The molecule has 178 valence electrons. The number of alkyl halides is 3. The van der Waals surface area contributed by atoms with E-state index in [4.69, 9.17) is 0 Å². The van der Waals surface area contributed by atoms with E-state index in [0.29, 0.717) is 32.6 Å². The highest BCUT2D eigenvalue weighted by molar-refractivity contribution is 5.71. The molecule has 0 radical (unpaired) electrons. The predicted octanol–water partition coefficient (Wildman–Crippen LogP) is 3.50. The first-order valence-corrected chi connectivity index (χ1v) is 10.9. The minimum atomic E-state index is -4.58. The van der Waals surface area contributed by atoms with Gasteiger partial charge >= 0.3 is 18.2 Å². The molecule has 2 aliphatic rings. The number of nitrogens with zero attached hydrogens (tertiary/aromatic N) is 3. The zero-order chi connectivity index (χ0) is 23.5. The van der Waals surface area contributed by atoms with Crippen molar-refractivity contribution in [2.75, 3.05) is 44.2 Å². The van der Waals surface area contributed by atoms with Crippen LogP contribution in [0, 0.1) is 12.8 Å². The molecule has 0 bridgehead atoms. The maximum absolute atomic E-state index is 12.6. The molecule has 2 saturated heterocycles. The predicted molar refractivity (Wildman–Crippen MR) is 113 cm³/mol. The maximum atomic E-state index is 12.6. The van der Waals surface area contributed by atoms with Crippen LogP contribution >= 0.6 is 0 Å². The summed E-state index contributed by atoms with van der Waals surface area (Å²) in [4.78, 5) is 29.1. The van der Waals surface area contributed by atoms with Gasteiger partial charge < -0.3 is 19.6 Å². The largest absolute Gasteiger partial charge is 0.481 e. The highest BCUT2D eigenvalue weighted by atomic mass is 19.4. The molecule has 0 aliphatic carbocycles. The number of hydrogen-bond donors (Lipinski definition) is 1. The summed E-state index contributed by atoms with van der Waals surface area (Å²) < 4.78 is 42.4. The Kier molecular flexibility index (Phi) is 7.53. The van der Waals surface area contributed by atoms with Crippen molar-refractivity contribution in [1.29, 1.82) is 0 Å². The Hall–Kier alpha value is -2.49. The summed E-state index contributed by atoms with van der Waals surface area (Å²) in [6.07, 6.45) is -6.16. The molecule has 3 rings (SSSR count). The van der Waals surface area contributed by atoms with E-state index in [2.05, 4.69) is 20.6 Å². The van der Waals surface area contributed by atoms with E-state index in [0.717, 1.165) is 36.7 Å². The van der Waals surface area contributed by atoms with Crippen LogP contribution < -0.4 is 4.90 Å². The average molecular weight is 457 g/mol. The molecule has 0 spiro atoms. The van der Waals surface area contributed by atoms with Crippen molar-refractivity contribution in [2.45, 2.75) is 45.5 Å². The second-order valence-electron chi connectivity index (χ2n) is 8.59. The van der Waals surface area contributed by atoms with Gasteiger partial charge in [-0.05, 0) is 43.9 Å². The third-order valence-electron chi connectivity index (χ3n) is 6.12. The van der Waals surface area contributed by atoms with Crippen LogP contribution in [0.15, 0.2) is 18.2 Å². The van der Waals surface area contributed by atoms with Crippen LogP contribution in [0.1, 0.15) is 30.9 Å². The minimum Gasteiger partial charge on any atom is -0.481 e. The van der Waals surface area contributed by atoms with Crippen LogP contribution in [0.3, 0.4) is 0 Å². The number of amides is 1. The lowest BCUT2D eigenvalue weighted by molar-refractivity contribution is -0.200. The smallest absolute Gasteiger partial charge is 0.425 e. The van der Waals surface area contributed by atoms with E-state index in [1.165, 1.54) is 4.90 Å². The number of aryl methyl sites for hydroxylation is 1. The number of benzene rings is 1. The Morgan fingerprint density at radius 2 is 1.88 bits per heavy atom. The topological polar surface area (TPSA) is 73.3 Å². The molecule has 1 aromatic carbocycles. The molecule has 7 nitrogen and oxygen atoms in total. The Bertz CT molecular complexity index is 825. The molecule has 1 amide bonds. The van der Waals surface area contributed by atoms with Gasteiger partial charge in [0.05, 0.1) is 5.92 Å². The average Bonchev–Trinajstić information content (AvgIpc) is 2.74. The fourth-order valence-corrected chi connectivity index (χ4v) is 4.12. The van der Waals surface area contributed by atoms with Crippen molar-refractivity contribution in [2.24, 2.45) is 5.92 Å². The molecule has 2 atom stereocenters. The fourth-order valence-electron chi connectivity index (χ4n) is 4.12. The molecule has 1 unspecified atom stereocenters. The number of carboxylic acid groups (broad SMARTS) is 1. The summed E-state index contributed by atoms with van der Waals surface area (Å²) in [7, 11) is 0. The Labute approximate surface area is 185 Å². The first-order valence-electron chi connectivity index (χ1n) is 10.9. The van der Waals surface area contributed by atoms with E-state index in [9.17, 15) is 27.9 Å². The Morgan fingerprint density at radius 1 is 1.19 bits per heavy atom. The van der Waals surface area contributed by atoms with Gasteiger partial charge in [0.15, 0.2) is 6.10 Å². The molecule has 2 aliphatic heterocycles. The number of piperazine rings is 1. The number of hydrogen-bond acceptors (Lipinski definition) is 5. The number of carbonyl (C=O) groups excluding carboxylic acids is 1. The highest BCUT2D eigenvalue weighted by Gasteiger charge is 2.40. The number of carboxylic acids is 1. The number of halogens is 3. The van der Waals surface area contributed by atoms with Gasteiger partial charge in [-0.1, -0.05) is 12.1 Å². The van der Waals surface area contributed by atoms with E-state index >= 15 is 0 Å². The number of aliphatic carboxylic acids is 1. The van der Waals surface area contributed by atoms with Gasteiger partial charge in [0.25, 0.3) is 0 Å². The van der Waals surface area contributed by atoms with Gasteiger partial charge in [0.2, 0.25) is 0 Å². The molecular formula is C22H30F3N3O4. The highest BCUT2D eigenvalue weighted by Crippen LogP contribution is 2.29. The molecule has 0 saturated carbocycles. The first kappa shape index (κ1) is 24.2. The zero-order valence-electron chi connectivity index (χ0n) is 18.4. The van der Waals surface area contributed by atoms with Crippen molar-refractivity contribution in [3.8, 4) is 0 Å². The fraction of sp³-hybridized carbons (Fsp3) is 0.636. The second kappa shape index (κ2) is 9.97. The maximum Gasteiger partial charge on any atom is 0.425 e. The molecule has 2 fully saturated rings. The molecule has 32 heavy (non-hydrogen) atoms. The number of carbonyl (C=O) groups is 2. The van der Waals surface area contributed by atoms with Crippen LogP contribution in [0.4, 0.5) is 23.7 Å². The molecule has 0 aromatic heterocycles. The van der Waals surface area contributed by atoms with Gasteiger partial charge in [-0.25, -0.2) is 4.79 Å². The Morgan fingerprint density at radius 3 is 2.50 bits per heavy atom. The molecular weight excluding hydrogens is 427 g/mol. The summed E-state index contributed by atoms with van der Waals surface area (Å²) in [5.74, 6) is -1.16. The summed E-state index contributed by atoms with van der Waals surface area (Å²) in [6.45, 7) is 6.32. The van der Waals surface area contributed by atoms with Gasteiger partial charge in [-0.3, -0.25) is 9.69 Å². The van der Waals surface area contributed by atoms with Crippen LogP contribution in [-0.2, 0) is 16.1 Å².